The van der Waals surface area contributed by atoms with E-state index in [1.54, 1.807) is 7.11 Å². The van der Waals surface area contributed by atoms with Crippen LogP contribution in [0.15, 0.2) is 72.8 Å². The maximum atomic E-state index is 6.44. The molecule has 40 heavy (non-hydrogen) atoms. The SMILES string of the molecule is CCCCCCCCOc1ccc(-c2cc(OC(OCCCCC)[C@H](CC)OC)ccc2-c2ccccc2)cc1. The van der Waals surface area contributed by atoms with Crippen LogP contribution in [0.25, 0.3) is 22.3 Å². The fourth-order valence-electron chi connectivity index (χ4n) is 4.88. The van der Waals surface area contributed by atoms with Crippen LogP contribution in [0.4, 0.5) is 0 Å². The smallest absolute Gasteiger partial charge is 0.226 e. The summed E-state index contributed by atoms with van der Waals surface area (Å²) in [6.45, 7) is 7.97. The Morgan fingerprint density at radius 3 is 1.93 bits per heavy atom. The summed E-state index contributed by atoms with van der Waals surface area (Å²) in [5, 5.41) is 0. The second kappa shape index (κ2) is 18.5. The Bertz CT molecular complexity index is 1060. The quantitative estimate of drug-likeness (QED) is 0.104. The standard InChI is InChI=1S/C36H50O4/c1-5-8-10-11-12-17-26-38-31-22-20-30(21-23-31)34-28-32(24-25-33(34)29-18-14-13-15-19-29)40-36(35(7-3)37-4)39-27-16-9-6-2/h13-15,18-25,28,35-36H,5-12,16-17,26-27H2,1-4H3/t35-,36?/m0/s1. The Morgan fingerprint density at radius 1 is 0.600 bits per heavy atom. The van der Waals surface area contributed by atoms with Crippen LogP contribution >= 0.6 is 0 Å². The van der Waals surface area contributed by atoms with E-state index in [0.29, 0.717) is 6.61 Å². The Balaban J connectivity index is 1.78. The molecule has 0 radical (unpaired) electrons. The lowest BCUT2D eigenvalue weighted by atomic mass is 9.94. The van der Waals surface area contributed by atoms with Gasteiger partial charge >= 0.3 is 0 Å². The van der Waals surface area contributed by atoms with Crippen molar-refractivity contribution in [2.75, 3.05) is 20.3 Å². The molecule has 0 heterocycles. The fraction of sp³-hybridized carbons (Fsp3) is 0.500. The molecule has 0 N–H and O–H groups in total. The Labute approximate surface area is 243 Å². The molecule has 0 aliphatic rings. The second-order valence-electron chi connectivity index (χ2n) is 10.5. The van der Waals surface area contributed by atoms with E-state index in [-0.39, 0.29) is 6.10 Å². The molecule has 0 saturated carbocycles. The van der Waals surface area contributed by atoms with Gasteiger partial charge < -0.3 is 18.9 Å². The summed E-state index contributed by atoms with van der Waals surface area (Å²) >= 11 is 0. The van der Waals surface area contributed by atoms with Crippen LogP contribution in [-0.2, 0) is 9.47 Å². The molecule has 2 atom stereocenters. The number of methoxy groups -OCH3 is 1. The van der Waals surface area contributed by atoms with Gasteiger partial charge in [-0.15, -0.1) is 0 Å². The molecular formula is C36H50O4. The normalized spacial score (nSPS) is 12.7. The van der Waals surface area contributed by atoms with Crippen molar-refractivity contribution in [2.24, 2.45) is 0 Å². The van der Waals surface area contributed by atoms with Crippen LogP contribution < -0.4 is 9.47 Å². The number of rotatable bonds is 20. The summed E-state index contributed by atoms with van der Waals surface area (Å²) in [4.78, 5) is 0. The van der Waals surface area contributed by atoms with Crippen molar-refractivity contribution in [2.45, 2.75) is 97.4 Å². The zero-order valence-electron chi connectivity index (χ0n) is 25.2. The summed E-state index contributed by atoms with van der Waals surface area (Å²) in [6, 6.07) is 25.2. The number of benzene rings is 3. The summed E-state index contributed by atoms with van der Waals surface area (Å²) in [7, 11) is 1.72. The van der Waals surface area contributed by atoms with Gasteiger partial charge in [-0.25, -0.2) is 0 Å². The molecular weight excluding hydrogens is 496 g/mol. The molecule has 0 fully saturated rings. The van der Waals surface area contributed by atoms with E-state index in [0.717, 1.165) is 66.9 Å². The highest BCUT2D eigenvalue weighted by Gasteiger charge is 2.23. The van der Waals surface area contributed by atoms with Gasteiger partial charge in [0.05, 0.1) is 13.2 Å². The van der Waals surface area contributed by atoms with Gasteiger partial charge in [-0.2, -0.15) is 0 Å². The third-order valence-corrected chi connectivity index (χ3v) is 7.30. The van der Waals surface area contributed by atoms with E-state index in [1.807, 2.05) is 12.1 Å². The maximum Gasteiger partial charge on any atom is 0.226 e. The van der Waals surface area contributed by atoms with E-state index in [9.17, 15) is 0 Å². The average Bonchev–Trinajstić information content (AvgIpc) is 3.00. The lowest BCUT2D eigenvalue weighted by molar-refractivity contribution is -0.156. The molecule has 0 amide bonds. The molecule has 0 spiro atoms. The van der Waals surface area contributed by atoms with Crippen molar-refractivity contribution in [1.29, 1.82) is 0 Å². The molecule has 3 aromatic rings. The van der Waals surface area contributed by atoms with Gasteiger partial charge in [0.25, 0.3) is 0 Å². The van der Waals surface area contributed by atoms with Crippen LogP contribution in [0.5, 0.6) is 11.5 Å². The van der Waals surface area contributed by atoms with Gasteiger partial charge in [0.15, 0.2) is 0 Å². The van der Waals surface area contributed by atoms with Crippen molar-refractivity contribution >= 4 is 0 Å². The molecule has 1 unspecified atom stereocenters. The van der Waals surface area contributed by atoms with Crippen molar-refractivity contribution in [3.8, 4) is 33.8 Å². The summed E-state index contributed by atoms with van der Waals surface area (Å²) in [5.74, 6) is 1.69. The molecule has 0 aromatic heterocycles. The monoisotopic (exact) mass is 546 g/mol. The average molecular weight is 547 g/mol. The molecule has 4 heteroatoms. The number of ether oxygens (including phenoxy) is 4. The van der Waals surface area contributed by atoms with Gasteiger partial charge in [0.2, 0.25) is 6.29 Å². The lowest BCUT2D eigenvalue weighted by Gasteiger charge is -2.26. The molecule has 0 aliphatic heterocycles. The predicted molar refractivity (Wildman–Crippen MR) is 167 cm³/mol. The number of unbranched alkanes of at least 4 members (excludes halogenated alkanes) is 7. The van der Waals surface area contributed by atoms with Gasteiger partial charge in [-0.1, -0.05) is 114 Å². The highest BCUT2D eigenvalue weighted by Crippen LogP contribution is 2.36. The molecule has 4 nitrogen and oxygen atoms in total. The van der Waals surface area contributed by atoms with Crippen molar-refractivity contribution < 1.29 is 18.9 Å². The first-order valence-corrected chi connectivity index (χ1v) is 15.4. The predicted octanol–water partition coefficient (Wildman–Crippen LogP) is 10.1. The third kappa shape index (κ3) is 10.3. The first kappa shape index (κ1) is 31.7. The van der Waals surface area contributed by atoms with Gasteiger partial charge in [-0.3, -0.25) is 0 Å². The molecule has 0 aliphatic carbocycles. The molecule has 3 rings (SSSR count). The lowest BCUT2D eigenvalue weighted by Crippen LogP contribution is -2.35. The van der Waals surface area contributed by atoms with E-state index in [2.05, 4.69) is 81.4 Å². The molecule has 3 aromatic carbocycles. The Kier molecular flexibility index (Phi) is 14.7. The van der Waals surface area contributed by atoms with Crippen molar-refractivity contribution in [1.82, 2.24) is 0 Å². The zero-order valence-corrected chi connectivity index (χ0v) is 25.2. The summed E-state index contributed by atoms with van der Waals surface area (Å²) in [6.07, 6.45) is 11.1. The molecule has 0 bridgehead atoms. The van der Waals surface area contributed by atoms with Gasteiger partial charge in [0.1, 0.15) is 17.6 Å². The van der Waals surface area contributed by atoms with E-state index >= 15 is 0 Å². The number of hydrogen-bond donors (Lipinski definition) is 0. The van der Waals surface area contributed by atoms with Crippen molar-refractivity contribution in [3.63, 3.8) is 0 Å². The van der Waals surface area contributed by atoms with Crippen LogP contribution in [0.1, 0.15) is 85.0 Å². The zero-order chi connectivity index (χ0) is 28.4. The summed E-state index contributed by atoms with van der Waals surface area (Å²) in [5.41, 5.74) is 4.56. The Hall–Kier alpha value is -2.82. The minimum atomic E-state index is -0.458. The fourth-order valence-corrected chi connectivity index (χ4v) is 4.88. The molecule has 218 valence electrons. The van der Waals surface area contributed by atoms with Crippen LogP contribution in [0, 0.1) is 0 Å². The van der Waals surface area contributed by atoms with E-state index in [4.69, 9.17) is 18.9 Å². The summed E-state index contributed by atoms with van der Waals surface area (Å²) < 4.78 is 24.4. The Morgan fingerprint density at radius 2 is 1.23 bits per heavy atom. The van der Waals surface area contributed by atoms with E-state index < -0.39 is 6.29 Å². The minimum Gasteiger partial charge on any atom is -0.494 e. The van der Waals surface area contributed by atoms with Gasteiger partial charge in [-0.05, 0) is 65.8 Å². The topological polar surface area (TPSA) is 36.9 Å². The highest BCUT2D eigenvalue weighted by molar-refractivity contribution is 5.84. The van der Waals surface area contributed by atoms with E-state index in [1.165, 1.54) is 37.7 Å². The number of hydrogen-bond acceptors (Lipinski definition) is 4. The van der Waals surface area contributed by atoms with Gasteiger partial charge in [0, 0.05) is 7.11 Å². The van der Waals surface area contributed by atoms with Crippen LogP contribution in [0.3, 0.4) is 0 Å². The molecule has 0 saturated heterocycles. The minimum absolute atomic E-state index is 0.137. The first-order valence-electron chi connectivity index (χ1n) is 15.4. The highest BCUT2D eigenvalue weighted by atomic mass is 16.7. The van der Waals surface area contributed by atoms with Crippen LogP contribution in [0.2, 0.25) is 0 Å². The van der Waals surface area contributed by atoms with Crippen molar-refractivity contribution in [3.05, 3.63) is 72.8 Å². The maximum absolute atomic E-state index is 6.44. The third-order valence-electron chi connectivity index (χ3n) is 7.30. The largest absolute Gasteiger partial charge is 0.494 e. The second-order valence-corrected chi connectivity index (χ2v) is 10.5. The van der Waals surface area contributed by atoms with Crippen LogP contribution in [-0.4, -0.2) is 32.7 Å². The first-order chi connectivity index (χ1) is 19.7.